The lowest BCUT2D eigenvalue weighted by Crippen LogP contribution is -2.34. The predicted octanol–water partition coefficient (Wildman–Crippen LogP) is 4.99. The normalized spacial score (nSPS) is 12.5. The number of hydrogen-bond donors (Lipinski definition) is 1. The molecular formula is C29H43FN2O5. The number of rotatable bonds is 18. The standard InChI is InChI=1S/C29H43FN2O5/c1-29(2,3)37-28(33)31-15-17-35-19-21-36-20-18-34-16-14-27(30)24-32(22-25-10-6-4-7-11-25)23-26-12-8-5-9-13-26/h4-13,27H,14-24H2,1-3H3,(H,31,33). The summed E-state index contributed by atoms with van der Waals surface area (Å²) in [6, 6.07) is 20.3. The highest BCUT2D eigenvalue weighted by Gasteiger charge is 2.16. The maximum atomic E-state index is 14.8. The molecular weight excluding hydrogens is 475 g/mol. The van der Waals surface area contributed by atoms with E-state index in [0.717, 1.165) is 0 Å². The van der Waals surface area contributed by atoms with Gasteiger partial charge in [-0.15, -0.1) is 0 Å². The number of ether oxygens (including phenoxy) is 4. The molecule has 0 aliphatic heterocycles. The Bertz CT molecular complexity index is 807. The van der Waals surface area contributed by atoms with Crippen molar-refractivity contribution in [1.29, 1.82) is 0 Å². The van der Waals surface area contributed by atoms with Crippen molar-refractivity contribution in [1.82, 2.24) is 10.2 Å². The second kappa shape index (κ2) is 17.9. The van der Waals surface area contributed by atoms with E-state index >= 15 is 0 Å². The topological polar surface area (TPSA) is 69.3 Å². The van der Waals surface area contributed by atoms with Crippen LogP contribution in [0.4, 0.5) is 9.18 Å². The molecule has 8 heteroatoms. The molecule has 0 saturated heterocycles. The first-order valence-corrected chi connectivity index (χ1v) is 13.0. The maximum Gasteiger partial charge on any atom is 0.407 e. The van der Waals surface area contributed by atoms with E-state index in [1.165, 1.54) is 11.1 Å². The molecule has 2 rings (SSSR count). The van der Waals surface area contributed by atoms with E-state index in [2.05, 4.69) is 34.5 Å². The number of carbonyl (C=O) groups excluding carboxylic acids is 1. The van der Waals surface area contributed by atoms with E-state index in [-0.39, 0.29) is 0 Å². The first-order valence-electron chi connectivity index (χ1n) is 13.0. The highest BCUT2D eigenvalue weighted by molar-refractivity contribution is 5.67. The number of hydrogen-bond acceptors (Lipinski definition) is 6. The van der Waals surface area contributed by atoms with Crippen LogP contribution in [0.5, 0.6) is 0 Å². The van der Waals surface area contributed by atoms with Crippen LogP contribution in [-0.4, -0.2) is 75.5 Å². The highest BCUT2D eigenvalue weighted by atomic mass is 19.1. The summed E-state index contributed by atoms with van der Waals surface area (Å²) in [7, 11) is 0. The number of alkyl halides is 1. The first-order chi connectivity index (χ1) is 17.8. The lowest BCUT2D eigenvalue weighted by Gasteiger charge is -2.24. The minimum Gasteiger partial charge on any atom is -0.444 e. The molecule has 0 radical (unpaired) electrons. The van der Waals surface area contributed by atoms with Gasteiger partial charge in [-0.3, -0.25) is 4.90 Å². The Morgan fingerprint density at radius 3 is 1.81 bits per heavy atom. The summed E-state index contributed by atoms with van der Waals surface area (Å²) >= 11 is 0. The van der Waals surface area contributed by atoms with Crippen LogP contribution < -0.4 is 5.32 Å². The zero-order chi connectivity index (χ0) is 26.8. The average Bonchev–Trinajstić information content (AvgIpc) is 2.85. The third-order valence-electron chi connectivity index (χ3n) is 5.19. The maximum absolute atomic E-state index is 14.8. The number of amides is 1. The molecule has 0 spiro atoms. The van der Waals surface area contributed by atoms with Crippen LogP contribution in [0.3, 0.4) is 0 Å². The molecule has 0 saturated carbocycles. The third-order valence-corrected chi connectivity index (χ3v) is 5.19. The third kappa shape index (κ3) is 16.0. The Morgan fingerprint density at radius 2 is 1.30 bits per heavy atom. The van der Waals surface area contributed by atoms with Crippen molar-refractivity contribution in [3.05, 3.63) is 71.8 Å². The quantitative estimate of drug-likeness (QED) is 0.281. The smallest absolute Gasteiger partial charge is 0.407 e. The van der Waals surface area contributed by atoms with Crippen LogP contribution in [0.15, 0.2) is 60.7 Å². The zero-order valence-electron chi connectivity index (χ0n) is 22.5. The summed E-state index contributed by atoms with van der Waals surface area (Å²) in [5.74, 6) is 0. The number of carbonyl (C=O) groups is 1. The molecule has 1 N–H and O–H groups in total. The molecule has 2 aromatic carbocycles. The average molecular weight is 519 g/mol. The molecule has 7 nitrogen and oxygen atoms in total. The second-order valence-corrected chi connectivity index (χ2v) is 9.79. The van der Waals surface area contributed by atoms with E-state index in [0.29, 0.717) is 72.2 Å². The highest BCUT2D eigenvalue weighted by Crippen LogP contribution is 2.13. The minimum atomic E-state index is -0.976. The van der Waals surface area contributed by atoms with E-state index < -0.39 is 17.9 Å². The van der Waals surface area contributed by atoms with Gasteiger partial charge in [-0.2, -0.15) is 0 Å². The fourth-order valence-electron chi connectivity index (χ4n) is 3.53. The summed E-state index contributed by atoms with van der Waals surface area (Å²) in [6.07, 6.45) is -1.09. The number of alkyl carbamates (subject to hydrolysis) is 1. The molecule has 1 amide bonds. The van der Waals surface area contributed by atoms with Gasteiger partial charge in [-0.25, -0.2) is 9.18 Å². The van der Waals surface area contributed by atoms with Gasteiger partial charge in [-0.05, 0) is 31.9 Å². The Balaban J connectivity index is 1.51. The zero-order valence-corrected chi connectivity index (χ0v) is 22.5. The van der Waals surface area contributed by atoms with Gasteiger partial charge in [0.2, 0.25) is 0 Å². The minimum absolute atomic E-state index is 0.341. The van der Waals surface area contributed by atoms with Crippen LogP contribution in [0.25, 0.3) is 0 Å². The van der Waals surface area contributed by atoms with Crippen molar-refractivity contribution in [2.45, 2.75) is 52.1 Å². The van der Waals surface area contributed by atoms with Crippen LogP contribution in [0.2, 0.25) is 0 Å². The molecule has 2 aromatic rings. The first kappa shape index (κ1) is 30.7. The number of nitrogens with zero attached hydrogens (tertiary/aromatic N) is 1. The molecule has 0 aromatic heterocycles. The summed E-state index contributed by atoms with van der Waals surface area (Å²) < 4.78 is 36.3. The molecule has 0 bridgehead atoms. The monoisotopic (exact) mass is 518 g/mol. The Morgan fingerprint density at radius 1 is 0.811 bits per heavy atom. The fraction of sp³-hybridized carbons (Fsp3) is 0.552. The Hall–Kier alpha value is -2.52. The van der Waals surface area contributed by atoms with Gasteiger partial charge in [0.05, 0.1) is 33.0 Å². The van der Waals surface area contributed by atoms with Crippen molar-refractivity contribution in [2.75, 3.05) is 52.7 Å². The summed E-state index contributed by atoms with van der Waals surface area (Å²) in [5, 5.41) is 2.63. The van der Waals surface area contributed by atoms with Crippen LogP contribution in [0.1, 0.15) is 38.3 Å². The number of halogens is 1. The largest absolute Gasteiger partial charge is 0.444 e. The van der Waals surface area contributed by atoms with Crippen molar-refractivity contribution in [3.63, 3.8) is 0 Å². The second-order valence-electron chi connectivity index (χ2n) is 9.79. The number of benzene rings is 2. The van der Waals surface area contributed by atoms with Gasteiger partial charge in [0.25, 0.3) is 0 Å². The van der Waals surface area contributed by atoms with E-state index in [1.807, 2.05) is 57.2 Å². The van der Waals surface area contributed by atoms with Crippen molar-refractivity contribution in [3.8, 4) is 0 Å². The molecule has 1 atom stereocenters. The molecule has 0 heterocycles. The van der Waals surface area contributed by atoms with Crippen molar-refractivity contribution >= 4 is 6.09 Å². The van der Waals surface area contributed by atoms with Gasteiger partial charge in [0.1, 0.15) is 11.8 Å². The van der Waals surface area contributed by atoms with Gasteiger partial charge in [-0.1, -0.05) is 60.7 Å². The molecule has 37 heavy (non-hydrogen) atoms. The van der Waals surface area contributed by atoms with E-state index in [9.17, 15) is 9.18 Å². The van der Waals surface area contributed by atoms with Crippen LogP contribution >= 0.6 is 0 Å². The summed E-state index contributed by atoms with van der Waals surface area (Å²) in [6.45, 7) is 9.96. The van der Waals surface area contributed by atoms with Gasteiger partial charge < -0.3 is 24.3 Å². The van der Waals surface area contributed by atoms with E-state index in [4.69, 9.17) is 18.9 Å². The fourth-order valence-corrected chi connectivity index (χ4v) is 3.53. The van der Waals surface area contributed by atoms with Gasteiger partial charge in [0, 0.05) is 39.2 Å². The SMILES string of the molecule is CC(C)(C)OC(=O)NCCOCCOCCOCCC(F)CN(Cc1ccccc1)Cc1ccccc1. The predicted molar refractivity (Wildman–Crippen MR) is 143 cm³/mol. The summed E-state index contributed by atoms with van der Waals surface area (Å²) in [4.78, 5) is 13.6. The number of nitrogens with one attached hydrogen (secondary N) is 1. The van der Waals surface area contributed by atoms with E-state index in [1.54, 1.807) is 0 Å². The molecule has 0 fully saturated rings. The molecule has 1 unspecified atom stereocenters. The molecule has 206 valence electrons. The molecule has 0 aliphatic carbocycles. The lowest BCUT2D eigenvalue weighted by atomic mass is 10.1. The van der Waals surface area contributed by atoms with Crippen LogP contribution in [0, 0.1) is 0 Å². The molecule has 0 aliphatic rings. The lowest BCUT2D eigenvalue weighted by molar-refractivity contribution is 0.00981. The van der Waals surface area contributed by atoms with Crippen molar-refractivity contribution < 1.29 is 28.1 Å². The van der Waals surface area contributed by atoms with Gasteiger partial charge in [0.15, 0.2) is 0 Å². The summed E-state index contributed by atoms with van der Waals surface area (Å²) in [5.41, 5.74) is 1.82. The van der Waals surface area contributed by atoms with Crippen molar-refractivity contribution in [2.24, 2.45) is 0 Å². The van der Waals surface area contributed by atoms with Crippen LogP contribution in [-0.2, 0) is 32.0 Å². The Kier molecular flexibility index (Phi) is 14.8. The Labute approximate surface area is 221 Å². The van der Waals surface area contributed by atoms with Gasteiger partial charge >= 0.3 is 6.09 Å².